The normalized spacial score (nSPS) is 18.9. The first-order valence-electron chi connectivity index (χ1n) is 9.80. The molecule has 27 heavy (non-hydrogen) atoms. The molecule has 2 aliphatic rings. The van der Waals surface area contributed by atoms with Gasteiger partial charge in [0, 0.05) is 42.2 Å². The number of nitro groups is 1. The monoisotopic (exact) mass is 373 g/mol. The summed E-state index contributed by atoms with van der Waals surface area (Å²) in [6.45, 7) is 2.99. The van der Waals surface area contributed by atoms with E-state index in [0.717, 1.165) is 38.5 Å². The van der Waals surface area contributed by atoms with E-state index in [0.29, 0.717) is 24.2 Å². The summed E-state index contributed by atoms with van der Waals surface area (Å²) < 4.78 is 0. The zero-order chi connectivity index (χ0) is 19.4. The SMILES string of the molecule is Cc1cc(C(=O)NC2CCN(C(=O)C3CCCCC3)CC2)ccc1[N+](=O)[O-]. The minimum atomic E-state index is -0.448. The number of benzene rings is 1. The van der Waals surface area contributed by atoms with Crippen LogP contribution >= 0.6 is 0 Å². The van der Waals surface area contributed by atoms with E-state index in [1.54, 1.807) is 13.0 Å². The van der Waals surface area contributed by atoms with Crippen molar-refractivity contribution < 1.29 is 14.5 Å². The van der Waals surface area contributed by atoms with Gasteiger partial charge < -0.3 is 10.2 Å². The molecule has 7 nitrogen and oxygen atoms in total. The predicted octanol–water partition coefficient (Wildman–Crippen LogP) is 3.20. The molecule has 2 amide bonds. The third-order valence-electron chi connectivity index (χ3n) is 5.75. The molecule has 1 saturated carbocycles. The number of aryl methyl sites for hydroxylation is 1. The van der Waals surface area contributed by atoms with Gasteiger partial charge in [0.05, 0.1) is 4.92 Å². The molecule has 1 saturated heterocycles. The average molecular weight is 373 g/mol. The van der Waals surface area contributed by atoms with Crippen LogP contribution in [-0.4, -0.2) is 40.8 Å². The smallest absolute Gasteiger partial charge is 0.272 e. The van der Waals surface area contributed by atoms with Gasteiger partial charge in [0.1, 0.15) is 0 Å². The third-order valence-corrected chi connectivity index (χ3v) is 5.75. The summed E-state index contributed by atoms with van der Waals surface area (Å²) in [5.74, 6) is 0.253. The predicted molar refractivity (Wildman–Crippen MR) is 101 cm³/mol. The van der Waals surface area contributed by atoms with Crippen molar-refractivity contribution in [1.82, 2.24) is 10.2 Å². The molecule has 0 radical (unpaired) electrons. The summed E-state index contributed by atoms with van der Waals surface area (Å²) in [4.78, 5) is 37.5. The van der Waals surface area contributed by atoms with Gasteiger partial charge in [-0.3, -0.25) is 19.7 Å². The average Bonchev–Trinajstić information content (AvgIpc) is 2.68. The fourth-order valence-corrected chi connectivity index (χ4v) is 4.12. The lowest BCUT2D eigenvalue weighted by molar-refractivity contribution is -0.385. The van der Waals surface area contributed by atoms with Crippen LogP contribution < -0.4 is 5.32 Å². The number of carbonyl (C=O) groups is 2. The molecule has 0 bridgehead atoms. The molecule has 1 heterocycles. The number of carbonyl (C=O) groups excluding carboxylic acids is 2. The molecule has 2 fully saturated rings. The molecular formula is C20H27N3O4. The number of nitrogens with zero attached hydrogens (tertiary/aromatic N) is 2. The zero-order valence-corrected chi connectivity index (χ0v) is 15.8. The Hall–Kier alpha value is -2.44. The van der Waals surface area contributed by atoms with Gasteiger partial charge in [-0.2, -0.15) is 0 Å². The fourth-order valence-electron chi connectivity index (χ4n) is 4.12. The molecule has 0 unspecified atom stereocenters. The number of piperidine rings is 1. The minimum absolute atomic E-state index is 0.0149. The molecule has 0 atom stereocenters. The van der Waals surface area contributed by atoms with Gasteiger partial charge >= 0.3 is 0 Å². The Morgan fingerprint density at radius 2 is 1.78 bits per heavy atom. The van der Waals surface area contributed by atoms with E-state index in [1.807, 2.05) is 4.90 Å². The molecule has 1 aromatic carbocycles. The first-order valence-corrected chi connectivity index (χ1v) is 9.80. The number of likely N-dealkylation sites (tertiary alicyclic amines) is 1. The molecule has 1 aromatic rings. The molecule has 0 spiro atoms. The highest BCUT2D eigenvalue weighted by molar-refractivity contribution is 5.95. The Bertz CT molecular complexity index is 720. The highest BCUT2D eigenvalue weighted by atomic mass is 16.6. The Morgan fingerprint density at radius 1 is 1.11 bits per heavy atom. The van der Waals surface area contributed by atoms with Crippen molar-refractivity contribution in [3.05, 3.63) is 39.4 Å². The summed E-state index contributed by atoms with van der Waals surface area (Å²) in [5.41, 5.74) is 0.917. The molecular weight excluding hydrogens is 346 g/mol. The number of rotatable bonds is 4. The Balaban J connectivity index is 1.51. The third kappa shape index (κ3) is 4.64. The van der Waals surface area contributed by atoms with Crippen molar-refractivity contribution >= 4 is 17.5 Å². The maximum absolute atomic E-state index is 12.6. The zero-order valence-electron chi connectivity index (χ0n) is 15.8. The second kappa shape index (κ2) is 8.50. The Morgan fingerprint density at radius 3 is 2.37 bits per heavy atom. The van der Waals surface area contributed by atoms with E-state index in [9.17, 15) is 19.7 Å². The maximum atomic E-state index is 12.6. The van der Waals surface area contributed by atoms with E-state index >= 15 is 0 Å². The molecule has 1 aliphatic heterocycles. The lowest BCUT2D eigenvalue weighted by Crippen LogP contribution is -2.48. The van der Waals surface area contributed by atoms with Crippen molar-refractivity contribution in [2.24, 2.45) is 5.92 Å². The second-order valence-electron chi connectivity index (χ2n) is 7.67. The van der Waals surface area contributed by atoms with Crippen LogP contribution in [-0.2, 0) is 4.79 Å². The first kappa shape index (κ1) is 19.3. The van der Waals surface area contributed by atoms with Gasteiger partial charge in [0.2, 0.25) is 5.91 Å². The summed E-state index contributed by atoms with van der Waals surface area (Å²) in [6, 6.07) is 4.44. The van der Waals surface area contributed by atoms with Gasteiger partial charge in [0.25, 0.3) is 11.6 Å². The van der Waals surface area contributed by atoms with E-state index < -0.39 is 4.92 Å². The molecule has 3 rings (SSSR count). The maximum Gasteiger partial charge on any atom is 0.272 e. The van der Waals surface area contributed by atoms with Gasteiger partial charge in [-0.1, -0.05) is 19.3 Å². The molecule has 1 aliphatic carbocycles. The van der Waals surface area contributed by atoms with Crippen LogP contribution in [0.2, 0.25) is 0 Å². The summed E-state index contributed by atoms with van der Waals surface area (Å²) in [7, 11) is 0. The Kier molecular flexibility index (Phi) is 6.08. The summed E-state index contributed by atoms with van der Waals surface area (Å²) in [5, 5.41) is 13.9. The van der Waals surface area contributed by atoms with Crippen LogP contribution in [0.4, 0.5) is 5.69 Å². The van der Waals surface area contributed by atoms with Gasteiger partial charge in [-0.15, -0.1) is 0 Å². The van der Waals surface area contributed by atoms with E-state index in [2.05, 4.69) is 5.32 Å². The van der Waals surface area contributed by atoms with Crippen molar-refractivity contribution in [3.8, 4) is 0 Å². The first-order chi connectivity index (χ1) is 13.0. The number of nitro benzene ring substituents is 1. The van der Waals surface area contributed by atoms with Crippen LogP contribution in [0.5, 0.6) is 0 Å². The standard InChI is InChI=1S/C20H27N3O4/c1-14-13-16(7-8-18(14)23(26)27)19(24)21-17-9-11-22(12-10-17)20(25)15-5-3-2-4-6-15/h7-8,13,15,17H,2-6,9-12H2,1H3,(H,21,24). The van der Waals surface area contributed by atoms with Crippen LogP contribution in [0.3, 0.4) is 0 Å². The van der Waals surface area contributed by atoms with Crippen LogP contribution in [0, 0.1) is 23.0 Å². The van der Waals surface area contributed by atoms with Crippen molar-refractivity contribution in [2.45, 2.75) is 57.9 Å². The minimum Gasteiger partial charge on any atom is -0.349 e. The molecule has 146 valence electrons. The summed E-state index contributed by atoms with van der Waals surface area (Å²) >= 11 is 0. The fraction of sp³-hybridized carbons (Fsp3) is 0.600. The highest BCUT2D eigenvalue weighted by Gasteiger charge is 2.29. The number of hydrogen-bond acceptors (Lipinski definition) is 4. The quantitative estimate of drug-likeness (QED) is 0.648. The lowest BCUT2D eigenvalue weighted by Gasteiger charge is -2.35. The van der Waals surface area contributed by atoms with Crippen LogP contribution in [0.1, 0.15) is 60.9 Å². The highest BCUT2D eigenvalue weighted by Crippen LogP contribution is 2.26. The number of hydrogen-bond donors (Lipinski definition) is 1. The van der Waals surface area contributed by atoms with Crippen molar-refractivity contribution in [2.75, 3.05) is 13.1 Å². The summed E-state index contributed by atoms with van der Waals surface area (Å²) in [6.07, 6.45) is 7.05. The molecule has 7 heteroatoms. The number of nitrogens with one attached hydrogen (secondary N) is 1. The van der Waals surface area contributed by atoms with E-state index in [1.165, 1.54) is 18.6 Å². The van der Waals surface area contributed by atoms with E-state index in [-0.39, 0.29) is 29.5 Å². The van der Waals surface area contributed by atoms with Crippen molar-refractivity contribution in [3.63, 3.8) is 0 Å². The van der Waals surface area contributed by atoms with Crippen LogP contribution in [0.15, 0.2) is 18.2 Å². The van der Waals surface area contributed by atoms with E-state index in [4.69, 9.17) is 0 Å². The second-order valence-corrected chi connectivity index (χ2v) is 7.67. The van der Waals surface area contributed by atoms with Gasteiger partial charge in [0.15, 0.2) is 0 Å². The Labute approximate surface area is 159 Å². The van der Waals surface area contributed by atoms with Crippen molar-refractivity contribution in [1.29, 1.82) is 0 Å². The van der Waals surface area contributed by atoms with Gasteiger partial charge in [-0.05, 0) is 44.7 Å². The lowest BCUT2D eigenvalue weighted by atomic mass is 9.87. The topological polar surface area (TPSA) is 92.6 Å². The van der Waals surface area contributed by atoms with Crippen LogP contribution in [0.25, 0.3) is 0 Å². The molecule has 0 aromatic heterocycles. The molecule has 1 N–H and O–H groups in total. The number of amides is 2. The van der Waals surface area contributed by atoms with Gasteiger partial charge in [-0.25, -0.2) is 0 Å². The largest absolute Gasteiger partial charge is 0.349 e.